The third-order valence-electron chi connectivity index (χ3n) is 4.54. The monoisotopic (exact) mass is 317 g/mol. The maximum Gasteiger partial charge on any atom is 0.342 e. The van der Waals surface area contributed by atoms with Gasteiger partial charge in [0.25, 0.3) is 0 Å². The van der Waals surface area contributed by atoms with E-state index in [9.17, 15) is 9.90 Å². The molecule has 1 fully saturated rings. The van der Waals surface area contributed by atoms with Crippen LogP contribution in [0.2, 0.25) is 0 Å². The van der Waals surface area contributed by atoms with Gasteiger partial charge in [0.05, 0.1) is 5.69 Å². The molecule has 1 N–H and O–H groups in total. The average Bonchev–Trinajstić information content (AvgIpc) is 2.89. The highest BCUT2D eigenvalue weighted by molar-refractivity contribution is 5.90. The molecule has 1 aliphatic rings. The van der Waals surface area contributed by atoms with Gasteiger partial charge >= 0.3 is 5.97 Å². The molecule has 1 saturated carbocycles. The van der Waals surface area contributed by atoms with Crippen LogP contribution in [-0.2, 0) is 0 Å². The van der Waals surface area contributed by atoms with Crippen molar-refractivity contribution >= 4 is 11.7 Å². The van der Waals surface area contributed by atoms with Crippen molar-refractivity contribution < 1.29 is 14.6 Å². The predicted molar refractivity (Wildman–Crippen MR) is 86.2 cm³/mol. The molecular weight excluding hydrogens is 294 g/mol. The van der Waals surface area contributed by atoms with E-state index in [2.05, 4.69) is 23.8 Å². The van der Waals surface area contributed by atoms with Crippen LogP contribution >= 0.6 is 0 Å². The molecule has 6 nitrogen and oxygen atoms in total. The van der Waals surface area contributed by atoms with Crippen LogP contribution < -0.4 is 4.74 Å². The Morgan fingerprint density at radius 1 is 1.39 bits per heavy atom. The molecule has 0 amide bonds. The minimum absolute atomic E-state index is 0.0842. The van der Waals surface area contributed by atoms with E-state index in [1.165, 1.54) is 0 Å². The van der Waals surface area contributed by atoms with Gasteiger partial charge in [-0.2, -0.15) is 4.98 Å². The van der Waals surface area contributed by atoms with Gasteiger partial charge in [-0.25, -0.2) is 9.78 Å². The van der Waals surface area contributed by atoms with E-state index < -0.39 is 5.97 Å². The Morgan fingerprint density at radius 3 is 2.74 bits per heavy atom. The van der Waals surface area contributed by atoms with Crippen molar-refractivity contribution in [2.45, 2.75) is 64.4 Å². The normalized spacial score (nSPS) is 16.3. The van der Waals surface area contributed by atoms with E-state index in [0.717, 1.165) is 44.2 Å². The molecule has 0 bridgehead atoms. The Bertz CT molecular complexity index is 706. The van der Waals surface area contributed by atoms with Crippen LogP contribution in [0, 0.1) is 0 Å². The molecule has 124 valence electrons. The van der Waals surface area contributed by atoms with Crippen LogP contribution in [0.15, 0.2) is 12.4 Å². The molecule has 0 aromatic carbocycles. The first-order chi connectivity index (χ1) is 11.1. The van der Waals surface area contributed by atoms with E-state index in [1.54, 1.807) is 10.6 Å². The number of imidazole rings is 1. The predicted octanol–water partition coefficient (Wildman–Crippen LogP) is 3.65. The lowest BCUT2D eigenvalue weighted by molar-refractivity contribution is 0.0675. The van der Waals surface area contributed by atoms with Crippen LogP contribution in [0.1, 0.15) is 74.3 Å². The first-order valence-electron chi connectivity index (χ1n) is 8.42. The van der Waals surface area contributed by atoms with Crippen molar-refractivity contribution in [3.63, 3.8) is 0 Å². The first kappa shape index (κ1) is 15.8. The zero-order chi connectivity index (χ0) is 16.4. The number of ether oxygens (including phenoxy) is 1. The summed E-state index contributed by atoms with van der Waals surface area (Å²) >= 11 is 0. The summed E-state index contributed by atoms with van der Waals surface area (Å²) in [5, 5.41) is 9.42. The number of aromatic nitrogens is 3. The van der Waals surface area contributed by atoms with E-state index in [1.807, 2.05) is 6.20 Å². The van der Waals surface area contributed by atoms with Crippen LogP contribution in [0.25, 0.3) is 5.78 Å². The summed E-state index contributed by atoms with van der Waals surface area (Å²) in [4.78, 5) is 20.5. The molecule has 2 heterocycles. The molecule has 2 aromatic rings. The van der Waals surface area contributed by atoms with E-state index in [4.69, 9.17) is 4.74 Å². The molecule has 6 heteroatoms. The van der Waals surface area contributed by atoms with Crippen molar-refractivity contribution in [2.24, 2.45) is 0 Å². The molecule has 1 aliphatic carbocycles. The van der Waals surface area contributed by atoms with Crippen molar-refractivity contribution in [3.05, 3.63) is 23.7 Å². The number of hydrogen-bond acceptors (Lipinski definition) is 4. The fraction of sp³-hybridized carbons (Fsp3) is 0.588. The first-order valence-corrected chi connectivity index (χ1v) is 8.42. The van der Waals surface area contributed by atoms with Crippen LogP contribution in [-0.4, -0.2) is 31.5 Å². The Kier molecular flexibility index (Phi) is 4.50. The summed E-state index contributed by atoms with van der Waals surface area (Å²) in [6.07, 6.45) is 9.75. The quantitative estimate of drug-likeness (QED) is 0.843. The number of nitrogens with zero attached hydrogens (tertiary/aromatic N) is 3. The molecule has 0 radical (unpaired) electrons. The van der Waals surface area contributed by atoms with Crippen molar-refractivity contribution in [1.29, 1.82) is 0 Å². The summed E-state index contributed by atoms with van der Waals surface area (Å²) in [6.45, 7) is 4.30. The molecule has 0 spiro atoms. The average molecular weight is 317 g/mol. The van der Waals surface area contributed by atoms with Crippen molar-refractivity contribution in [3.8, 4) is 5.88 Å². The minimum atomic E-state index is -1.02. The van der Waals surface area contributed by atoms with Gasteiger partial charge in [-0.05, 0) is 32.1 Å². The molecule has 23 heavy (non-hydrogen) atoms. The summed E-state index contributed by atoms with van der Waals surface area (Å²) in [5.41, 5.74) is 1.07. The second-order valence-electron chi connectivity index (χ2n) is 6.20. The second kappa shape index (κ2) is 6.56. The molecule has 3 rings (SSSR count). The SMILES string of the molecule is CCCC(CC)c1cn2cc(C(=O)O)c(OC3CCC3)nc2n1. The fourth-order valence-corrected chi connectivity index (χ4v) is 2.91. The van der Waals surface area contributed by atoms with Crippen molar-refractivity contribution in [1.82, 2.24) is 14.4 Å². The Morgan fingerprint density at radius 2 is 2.17 bits per heavy atom. The molecular formula is C17H23N3O3. The largest absolute Gasteiger partial charge is 0.477 e. The Hall–Kier alpha value is -2.11. The molecule has 1 atom stereocenters. The topological polar surface area (TPSA) is 76.7 Å². The highest BCUT2D eigenvalue weighted by Crippen LogP contribution is 2.28. The van der Waals surface area contributed by atoms with Crippen LogP contribution in [0.3, 0.4) is 0 Å². The number of rotatable bonds is 7. The maximum atomic E-state index is 11.5. The maximum absolute atomic E-state index is 11.5. The summed E-state index contributed by atoms with van der Waals surface area (Å²) in [5.74, 6) is 0.0554. The van der Waals surface area contributed by atoms with E-state index >= 15 is 0 Å². The minimum Gasteiger partial charge on any atom is -0.477 e. The van der Waals surface area contributed by atoms with Crippen molar-refractivity contribution in [2.75, 3.05) is 0 Å². The second-order valence-corrected chi connectivity index (χ2v) is 6.20. The van der Waals surface area contributed by atoms with Gasteiger partial charge in [-0.3, -0.25) is 4.40 Å². The van der Waals surface area contributed by atoms with Gasteiger partial charge < -0.3 is 9.84 Å². The summed E-state index contributed by atoms with van der Waals surface area (Å²) in [7, 11) is 0. The van der Waals surface area contributed by atoms with Gasteiger partial charge in [-0.1, -0.05) is 20.3 Å². The smallest absolute Gasteiger partial charge is 0.342 e. The van der Waals surface area contributed by atoms with Crippen LogP contribution in [0.5, 0.6) is 5.88 Å². The Balaban J connectivity index is 1.98. The molecule has 0 aliphatic heterocycles. The zero-order valence-corrected chi connectivity index (χ0v) is 13.7. The summed E-state index contributed by atoms with van der Waals surface area (Å²) < 4.78 is 7.45. The van der Waals surface area contributed by atoms with Crippen LogP contribution in [0.4, 0.5) is 0 Å². The molecule has 0 saturated heterocycles. The number of hydrogen-bond donors (Lipinski definition) is 1. The lowest BCUT2D eigenvalue weighted by Crippen LogP contribution is -2.26. The van der Waals surface area contributed by atoms with Gasteiger partial charge in [-0.15, -0.1) is 0 Å². The number of carboxylic acids is 1. The number of carbonyl (C=O) groups is 1. The van der Waals surface area contributed by atoms with E-state index in [0.29, 0.717) is 11.7 Å². The molecule has 1 unspecified atom stereocenters. The third-order valence-corrected chi connectivity index (χ3v) is 4.54. The number of carboxylic acid groups (broad SMARTS) is 1. The lowest BCUT2D eigenvalue weighted by atomic mass is 9.96. The van der Waals surface area contributed by atoms with Gasteiger partial charge in [0.1, 0.15) is 11.7 Å². The van der Waals surface area contributed by atoms with E-state index in [-0.39, 0.29) is 17.5 Å². The third kappa shape index (κ3) is 3.16. The fourth-order valence-electron chi connectivity index (χ4n) is 2.91. The van der Waals surface area contributed by atoms with Gasteiger partial charge in [0.2, 0.25) is 11.7 Å². The summed E-state index contributed by atoms with van der Waals surface area (Å²) in [6, 6.07) is 0. The highest BCUT2D eigenvalue weighted by atomic mass is 16.5. The van der Waals surface area contributed by atoms with Gasteiger partial charge in [0.15, 0.2) is 0 Å². The zero-order valence-electron chi connectivity index (χ0n) is 13.7. The highest BCUT2D eigenvalue weighted by Gasteiger charge is 2.24. The van der Waals surface area contributed by atoms with Gasteiger partial charge in [0, 0.05) is 18.3 Å². The number of fused-ring (bicyclic) bond motifs is 1. The number of aromatic carboxylic acids is 1. The standard InChI is InChI=1S/C17H23N3O3/c1-3-6-11(4-2)14-10-20-9-13(16(21)22)15(19-17(20)18-14)23-12-7-5-8-12/h9-12H,3-8H2,1-2H3,(H,21,22). The lowest BCUT2D eigenvalue weighted by Gasteiger charge is -2.26. The molecule has 2 aromatic heterocycles. The Labute approximate surface area is 135 Å².